The van der Waals surface area contributed by atoms with Crippen LogP contribution in [0, 0.1) is 5.82 Å². The summed E-state index contributed by atoms with van der Waals surface area (Å²) in [5.41, 5.74) is 0.0569. The molecule has 1 saturated heterocycles. The molecule has 0 radical (unpaired) electrons. The molecule has 0 aromatic heterocycles. The zero-order valence-corrected chi connectivity index (χ0v) is 12.8. The highest BCUT2D eigenvalue weighted by Crippen LogP contribution is 2.17. The number of halogens is 2. The van der Waals surface area contributed by atoms with Gasteiger partial charge in [0.2, 0.25) is 0 Å². The van der Waals surface area contributed by atoms with Crippen LogP contribution in [0.25, 0.3) is 0 Å². The molecule has 0 spiro atoms. The summed E-state index contributed by atoms with van der Waals surface area (Å²) in [6.45, 7) is 5.02. The lowest BCUT2D eigenvalue weighted by Gasteiger charge is -2.35. The first-order chi connectivity index (χ1) is 10.0. The van der Waals surface area contributed by atoms with Crippen molar-refractivity contribution < 1.29 is 14.3 Å². The normalized spacial score (nSPS) is 17.8. The second-order valence-corrected chi connectivity index (χ2v) is 5.72. The van der Waals surface area contributed by atoms with Crippen LogP contribution in [-0.2, 0) is 0 Å². The van der Waals surface area contributed by atoms with Gasteiger partial charge in [-0.25, -0.2) is 4.39 Å². The fourth-order valence-corrected chi connectivity index (χ4v) is 2.55. The number of carbonyl (C=O) groups excluding carboxylic acids is 1. The Hall–Kier alpha value is -1.17. The van der Waals surface area contributed by atoms with E-state index in [0.29, 0.717) is 32.7 Å². The first-order valence-electron chi connectivity index (χ1n) is 7.16. The third-order valence-electron chi connectivity index (χ3n) is 3.76. The van der Waals surface area contributed by atoms with Gasteiger partial charge in [-0.05, 0) is 24.6 Å². The Kier molecular flexibility index (Phi) is 5.56. The highest BCUT2D eigenvalue weighted by atomic mass is 35.5. The topological polar surface area (TPSA) is 43.8 Å². The molecule has 0 aliphatic carbocycles. The van der Waals surface area contributed by atoms with Gasteiger partial charge in [0, 0.05) is 37.7 Å². The van der Waals surface area contributed by atoms with Gasteiger partial charge in [-0.3, -0.25) is 9.69 Å². The number of aliphatic hydroxyl groups is 1. The van der Waals surface area contributed by atoms with Crippen molar-refractivity contribution in [1.29, 1.82) is 0 Å². The van der Waals surface area contributed by atoms with E-state index < -0.39 is 5.82 Å². The Bertz CT molecular complexity index is 504. The number of rotatable bonds is 4. The van der Waals surface area contributed by atoms with Crippen LogP contribution in [0.2, 0.25) is 5.02 Å². The van der Waals surface area contributed by atoms with E-state index in [0.717, 1.165) is 12.5 Å². The number of amides is 1. The van der Waals surface area contributed by atoms with Crippen molar-refractivity contribution in [1.82, 2.24) is 9.80 Å². The summed E-state index contributed by atoms with van der Waals surface area (Å²) in [6.07, 6.45) is 0.385. The van der Waals surface area contributed by atoms with Crippen LogP contribution in [0.3, 0.4) is 0 Å². The Morgan fingerprint density at radius 2 is 2.05 bits per heavy atom. The Morgan fingerprint density at radius 3 is 2.62 bits per heavy atom. The van der Waals surface area contributed by atoms with Crippen LogP contribution >= 0.6 is 11.6 Å². The van der Waals surface area contributed by atoms with Crippen molar-refractivity contribution in [3.05, 3.63) is 34.6 Å². The third-order valence-corrected chi connectivity index (χ3v) is 4.00. The predicted molar refractivity (Wildman–Crippen MR) is 80.1 cm³/mol. The van der Waals surface area contributed by atoms with E-state index in [1.54, 1.807) is 4.90 Å². The van der Waals surface area contributed by atoms with E-state index in [9.17, 15) is 14.3 Å². The Labute approximate surface area is 129 Å². The molecule has 1 aliphatic heterocycles. The summed E-state index contributed by atoms with van der Waals surface area (Å²) in [5.74, 6) is -0.892. The van der Waals surface area contributed by atoms with E-state index >= 15 is 0 Å². The summed E-state index contributed by atoms with van der Waals surface area (Å²) >= 11 is 5.69. The molecule has 2 rings (SSSR count). The fourth-order valence-electron chi connectivity index (χ4n) is 2.39. The minimum atomic E-state index is -0.587. The molecule has 0 saturated carbocycles. The summed E-state index contributed by atoms with van der Waals surface area (Å²) < 4.78 is 13.8. The maximum Gasteiger partial charge on any atom is 0.256 e. The van der Waals surface area contributed by atoms with Gasteiger partial charge in [0.25, 0.3) is 5.91 Å². The van der Waals surface area contributed by atoms with E-state index in [2.05, 4.69) is 4.90 Å². The second kappa shape index (κ2) is 7.20. The van der Waals surface area contributed by atoms with Gasteiger partial charge in [0.1, 0.15) is 5.82 Å². The molecule has 1 aliphatic rings. The molecule has 21 heavy (non-hydrogen) atoms. The first kappa shape index (κ1) is 16.2. The molecule has 1 aromatic rings. The first-order valence-corrected chi connectivity index (χ1v) is 7.53. The van der Waals surface area contributed by atoms with Crippen molar-refractivity contribution in [2.45, 2.75) is 19.4 Å². The Balaban J connectivity index is 1.94. The van der Waals surface area contributed by atoms with Crippen LogP contribution < -0.4 is 0 Å². The SMILES string of the molecule is CCC(O)CN1CCN(C(=O)c2ccc(Cl)cc2F)CC1. The van der Waals surface area contributed by atoms with E-state index in [1.807, 2.05) is 6.92 Å². The zero-order chi connectivity index (χ0) is 15.4. The zero-order valence-electron chi connectivity index (χ0n) is 12.1. The summed E-state index contributed by atoms with van der Waals surface area (Å²) in [5, 5.41) is 9.92. The number of hydrogen-bond donors (Lipinski definition) is 1. The second-order valence-electron chi connectivity index (χ2n) is 5.28. The van der Waals surface area contributed by atoms with Crippen LogP contribution in [0.15, 0.2) is 18.2 Å². The number of nitrogens with zero attached hydrogens (tertiary/aromatic N) is 2. The van der Waals surface area contributed by atoms with Crippen molar-refractivity contribution in [2.24, 2.45) is 0 Å². The van der Waals surface area contributed by atoms with Gasteiger partial charge in [-0.1, -0.05) is 18.5 Å². The molecule has 1 unspecified atom stereocenters. The van der Waals surface area contributed by atoms with Crippen molar-refractivity contribution in [3.8, 4) is 0 Å². The molecule has 1 aromatic carbocycles. The van der Waals surface area contributed by atoms with Gasteiger partial charge >= 0.3 is 0 Å². The van der Waals surface area contributed by atoms with Crippen LogP contribution in [0.4, 0.5) is 4.39 Å². The molecule has 0 bridgehead atoms. The van der Waals surface area contributed by atoms with E-state index in [1.165, 1.54) is 12.1 Å². The number of piperazine rings is 1. The average Bonchev–Trinajstić information content (AvgIpc) is 2.47. The number of β-amino-alcohol motifs (C(OH)–C–C–N with tert-alkyl or cyclic N) is 1. The Morgan fingerprint density at radius 1 is 1.38 bits per heavy atom. The highest BCUT2D eigenvalue weighted by Gasteiger charge is 2.24. The molecule has 1 heterocycles. The van der Waals surface area contributed by atoms with Gasteiger partial charge in [-0.2, -0.15) is 0 Å². The van der Waals surface area contributed by atoms with Crippen LogP contribution in [0.1, 0.15) is 23.7 Å². The highest BCUT2D eigenvalue weighted by molar-refractivity contribution is 6.30. The van der Waals surface area contributed by atoms with Gasteiger partial charge < -0.3 is 10.0 Å². The quantitative estimate of drug-likeness (QED) is 0.924. The maximum atomic E-state index is 13.8. The molecule has 4 nitrogen and oxygen atoms in total. The molecule has 1 amide bonds. The predicted octanol–water partition coefficient (Wildman–Crippen LogP) is 2.01. The number of benzene rings is 1. The standard InChI is InChI=1S/C15H20ClFN2O2/c1-2-12(20)10-18-5-7-19(8-6-18)15(21)13-4-3-11(16)9-14(13)17/h3-4,9,12,20H,2,5-8,10H2,1H3. The lowest BCUT2D eigenvalue weighted by molar-refractivity contribution is 0.0520. The van der Waals surface area contributed by atoms with Crippen molar-refractivity contribution >= 4 is 17.5 Å². The van der Waals surface area contributed by atoms with Gasteiger partial charge in [-0.15, -0.1) is 0 Å². The van der Waals surface area contributed by atoms with E-state index in [-0.39, 0.29) is 22.6 Å². The number of hydrogen-bond acceptors (Lipinski definition) is 3. The minimum Gasteiger partial charge on any atom is -0.392 e. The lowest BCUT2D eigenvalue weighted by atomic mass is 10.1. The molecule has 1 N–H and O–H groups in total. The number of aliphatic hydroxyl groups excluding tert-OH is 1. The molecular formula is C15H20ClFN2O2. The fraction of sp³-hybridized carbons (Fsp3) is 0.533. The monoisotopic (exact) mass is 314 g/mol. The summed E-state index contributed by atoms with van der Waals surface area (Å²) in [7, 11) is 0. The molecule has 1 atom stereocenters. The lowest BCUT2D eigenvalue weighted by Crippen LogP contribution is -2.50. The van der Waals surface area contributed by atoms with Gasteiger partial charge in [0.15, 0.2) is 0 Å². The summed E-state index contributed by atoms with van der Waals surface area (Å²) in [6, 6.07) is 4.10. The van der Waals surface area contributed by atoms with Crippen LogP contribution in [0.5, 0.6) is 0 Å². The average molecular weight is 315 g/mol. The molecular weight excluding hydrogens is 295 g/mol. The van der Waals surface area contributed by atoms with E-state index in [4.69, 9.17) is 11.6 Å². The molecule has 1 fully saturated rings. The van der Waals surface area contributed by atoms with Crippen molar-refractivity contribution in [2.75, 3.05) is 32.7 Å². The third kappa shape index (κ3) is 4.15. The molecule has 6 heteroatoms. The van der Waals surface area contributed by atoms with Gasteiger partial charge in [0.05, 0.1) is 11.7 Å². The van der Waals surface area contributed by atoms with Crippen LogP contribution in [-0.4, -0.2) is 59.6 Å². The molecule has 116 valence electrons. The van der Waals surface area contributed by atoms with Crippen molar-refractivity contribution in [3.63, 3.8) is 0 Å². The minimum absolute atomic E-state index is 0.0569. The maximum absolute atomic E-state index is 13.8. The largest absolute Gasteiger partial charge is 0.392 e. The summed E-state index contributed by atoms with van der Waals surface area (Å²) in [4.78, 5) is 16.1. The smallest absolute Gasteiger partial charge is 0.256 e. The number of carbonyl (C=O) groups is 1.